The zero-order chi connectivity index (χ0) is 13.4. The van der Waals surface area contributed by atoms with Gasteiger partial charge in [0.1, 0.15) is 17.4 Å². The lowest BCUT2D eigenvalue weighted by Gasteiger charge is -2.08. The summed E-state index contributed by atoms with van der Waals surface area (Å²) < 4.78 is 14.5. The number of nitrogens with zero attached hydrogens (tertiary/aromatic N) is 2. The highest BCUT2D eigenvalue weighted by atomic mass is 19.1. The summed E-state index contributed by atoms with van der Waals surface area (Å²) in [6.07, 6.45) is 3.70. The Labute approximate surface area is 109 Å². The van der Waals surface area contributed by atoms with Crippen molar-refractivity contribution in [3.8, 4) is 17.2 Å². The molecule has 3 nitrogen and oxygen atoms in total. The van der Waals surface area contributed by atoms with Crippen LogP contribution in [-0.4, -0.2) is 4.57 Å². The van der Waals surface area contributed by atoms with E-state index >= 15 is 0 Å². The Hall–Kier alpha value is -2.41. The average molecular weight is 254 g/mol. The maximum Gasteiger partial charge on any atom is 0.269 e. The molecule has 1 aromatic carbocycles. The van der Waals surface area contributed by atoms with Gasteiger partial charge in [-0.05, 0) is 36.6 Å². The fraction of sp³-hybridized carbons (Fsp3) is 0.200. The molecule has 1 heterocycles. The highest BCUT2D eigenvalue weighted by Crippen LogP contribution is 2.34. The summed E-state index contributed by atoms with van der Waals surface area (Å²) in [7, 11) is 0. The lowest BCUT2D eigenvalue weighted by Crippen LogP contribution is -2.21. The number of pyridine rings is 1. The van der Waals surface area contributed by atoms with E-state index in [9.17, 15) is 14.4 Å². The van der Waals surface area contributed by atoms with Gasteiger partial charge >= 0.3 is 0 Å². The maximum absolute atomic E-state index is 12.9. The topological polar surface area (TPSA) is 45.8 Å². The van der Waals surface area contributed by atoms with Crippen molar-refractivity contribution in [1.82, 2.24) is 4.57 Å². The van der Waals surface area contributed by atoms with E-state index in [0.29, 0.717) is 11.1 Å². The molecule has 1 aliphatic carbocycles. The second-order valence-electron chi connectivity index (χ2n) is 4.67. The van der Waals surface area contributed by atoms with Crippen molar-refractivity contribution in [2.24, 2.45) is 0 Å². The van der Waals surface area contributed by atoms with Crippen molar-refractivity contribution >= 4 is 0 Å². The molecule has 1 saturated carbocycles. The lowest BCUT2D eigenvalue weighted by atomic mass is 10.0. The molecule has 0 atom stereocenters. The second-order valence-corrected chi connectivity index (χ2v) is 4.67. The maximum atomic E-state index is 12.9. The zero-order valence-corrected chi connectivity index (χ0v) is 10.1. The van der Waals surface area contributed by atoms with Gasteiger partial charge in [0.25, 0.3) is 5.56 Å². The van der Waals surface area contributed by atoms with Gasteiger partial charge in [0.15, 0.2) is 0 Å². The largest absolute Gasteiger partial charge is 0.311 e. The highest BCUT2D eigenvalue weighted by Gasteiger charge is 2.26. The van der Waals surface area contributed by atoms with Crippen LogP contribution in [-0.2, 0) is 0 Å². The molecule has 1 fully saturated rings. The van der Waals surface area contributed by atoms with Crippen molar-refractivity contribution in [2.75, 3.05) is 0 Å². The Morgan fingerprint density at radius 3 is 2.47 bits per heavy atom. The molecule has 0 amide bonds. The first-order chi connectivity index (χ1) is 9.20. The third-order valence-corrected chi connectivity index (χ3v) is 3.33. The van der Waals surface area contributed by atoms with Crippen LogP contribution in [0.3, 0.4) is 0 Å². The summed E-state index contributed by atoms with van der Waals surface area (Å²) in [4.78, 5) is 12.2. The minimum Gasteiger partial charge on any atom is -0.311 e. The molecule has 0 aliphatic heterocycles. The van der Waals surface area contributed by atoms with Crippen LogP contribution < -0.4 is 5.56 Å². The van der Waals surface area contributed by atoms with Crippen LogP contribution in [0.1, 0.15) is 24.4 Å². The highest BCUT2D eigenvalue weighted by molar-refractivity contribution is 5.69. The molecule has 19 heavy (non-hydrogen) atoms. The first-order valence-corrected chi connectivity index (χ1v) is 6.12. The van der Waals surface area contributed by atoms with Crippen LogP contribution in [0.25, 0.3) is 11.1 Å². The third-order valence-electron chi connectivity index (χ3n) is 3.33. The van der Waals surface area contributed by atoms with E-state index in [4.69, 9.17) is 0 Å². The Balaban J connectivity index is 2.17. The van der Waals surface area contributed by atoms with Crippen molar-refractivity contribution in [3.63, 3.8) is 0 Å². The van der Waals surface area contributed by atoms with E-state index in [1.165, 1.54) is 12.1 Å². The molecule has 1 aromatic heterocycles. The van der Waals surface area contributed by atoms with E-state index in [1.807, 2.05) is 6.07 Å². The smallest absolute Gasteiger partial charge is 0.269 e. The number of rotatable bonds is 2. The fourth-order valence-corrected chi connectivity index (χ4v) is 2.17. The fourth-order valence-electron chi connectivity index (χ4n) is 2.17. The van der Waals surface area contributed by atoms with Gasteiger partial charge in [-0.1, -0.05) is 12.1 Å². The van der Waals surface area contributed by atoms with E-state index in [2.05, 4.69) is 0 Å². The molecular weight excluding hydrogens is 243 g/mol. The normalized spacial score (nSPS) is 14.1. The van der Waals surface area contributed by atoms with E-state index in [0.717, 1.165) is 12.8 Å². The molecule has 2 aromatic rings. The van der Waals surface area contributed by atoms with Crippen LogP contribution in [0.2, 0.25) is 0 Å². The number of hydrogen-bond acceptors (Lipinski definition) is 2. The summed E-state index contributed by atoms with van der Waals surface area (Å²) >= 11 is 0. The van der Waals surface area contributed by atoms with Gasteiger partial charge in [0.05, 0.1) is 0 Å². The Kier molecular flexibility index (Phi) is 2.68. The summed E-state index contributed by atoms with van der Waals surface area (Å²) in [5.41, 5.74) is 1.11. The van der Waals surface area contributed by atoms with Gasteiger partial charge in [-0.25, -0.2) is 4.39 Å². The zero-order valence-electron chi connectivity index (χ0n) is 10.1. The molecule has 0 radical (unpaired) electrons. The Morgan fingerprint density at radius 2 is 1.89 bits per heavy atom. The SMILES string of the molecule is N#Cc1c(-c2ccc(F)cc2)ccn(C2CC2)c1=O. The third kappa shape index (κ3) is 2.04. The Bertz CT molecular complexity index is 721. The Morgan fingerprint density at radius 1 is 1.21 bits per heavy atom. The van der Waals surface area contributed by atoms with Crippen molar-refractivity contribution < 1.29 is 4.39 Å². The molecular formula is C15H11FN2O. The summed E-state index contributed by atoms with van der Waals surface area (Å²) in [6.45, 7) is 0. The number of aromatic nitrogens is 1. The number of benzene rings is 1. The second kappa shape index (κ2) is 4.36. The monoisotopic (exact) mass is 254 g/mol. The van der Waals surface area contributed by atoms with Gasteiger partial charge < -0.3 is 4.57 Å². The number of hydrogen-bond donors (Lipinski definition) is 0. The minimum atomic E-state index is -0.339. The minimum absolute atomic E-state index is 0.126. The molecule has 94 valence electrons. The van der Waals surface area contributed by atoms with E-state index in [1.54, 1.807) is 29.0 Å². The molecule has 0 spiro atoms. The van der Waals surface area contributed by atoms with Gasteiger partial charge in [-0.3, -0.25) is 4.79 Å². The molecule has 0 unspecified atom stereocenters. The van der Waals surface area contributed by atoms with E-state index < -0.39 is 0 Å². The van der Waals surface area contributed by atoms with Gasteiger partial charge in [0, 0.05) is 17.8 Å². The van der Waals surface area contributed by atoms with Gasteiger partial charge in [-0.2, -0.15) is 5.26 Å². The van der Waals surface area contributed by atoms with Crippen LogP contribution >= 0.6 is 0 Å². The van der Waals surface area contributed by atoms with Gasteiger partial charge in [-0.15, -0.1) is 0 Å². The molecule has 4 heteroatoms. The first kappa shape index (κ1) is 11.7. The first-order valence-electron chi connectivity index (χ1n) is 6.12. The summed E-state index contributed by atoms with van der Waals surface area (Å²) in [6, 6.07) is 9.76. The van der Waals surface area contributed by atoms with Crippen molar-refractivity contribution in [3.05, 3.63) is 58.3 Å². The predicted molar refractivity (Wildman–Crippen MR) is 69.1 cm³/mol. The van der Waals surface area contributed by atoms with Gasteiger partial charge in [0.2, 0.25) is 0 Å². The van der Waals surface area contributed by atoms with Crippen molar-refractivity contribution in [2.45, 2.75) is 18.9 Å². The predicted octanol–water partition coefficient (Wildman–Crippen LogP) is 2.86. The van der Waals surface area contributed by atoms with E-state index in [-0.39, 0.29) is 23.0 Å². The quantitative estimate of drug-likeness (QED) is 0.827. The number of nitriles is 1. The molecule has 0 N–H and O–H groups in total. The van der Waals surface area contributed by atoms with Crippen LogP contribution in [0.5, 0.6) is 0 Å². The molecule has 1 aliphatic rings. The van der Waals surface area contributed by atoms with Crippen LogP contribution in [0.4, 0.5) is 4.39 Å². The van der Waals surface area contributed by atoms with Crippen molar-refractivity contribution in [1.29, 1.82) is 5.26 Å². The van der Waals surface area contributed by atoms with Crippen LogP contribution in [0, 0.1) is 17.1 Å². The molecule has 3 rings (SSSR count). The lowest BCUT2D eigenvalue weighted by molar-refractivity contribution is 0.628. The standard InChI is InChI=1S/C15H11FN2O/c16-11-3-1-10(2-4-11)13-7-8-18(12-5-6-12)15(19)14(13)9-17/h1-4,7-8,12H,5-6H2. The molecule has 0 bridgehead atoms. The molecule has 0 saturated heterocycles. The summed E-state index contributed by atoms with van der Waals surface area (Å²) in [5.74, 6) is -0.339. The van der Waals surface area contributed by atoms with Crippen LogP contribution in [0.15, 0.2) is 41.3 Å². The summed E-state index contributed by atoms with van der Waals surface area (Å²) in [5, 5.41) is 9.20. The average Bonchev–Trinajstić information content (AvgIpc) is 3.24. The number of halogens is 1.